The monoisotopic (exact) mass is 408 g/mol. The van der Waals surface area contributed by atoms with Crippen LogP contribution in [0.4, 0.5) is 0 Å². The Balaban J connectivity index is 1.82. The summed E-state index contributed by atoms with van der Waals surface area (Å²) in [5, 5.41) is 10.5. The molecule has 0 amide bonds. The molecule has 1 saturated carbocycles. The maximum atomic E-state index is 12.7. The van der Waals surface area contributed by atoms with E-state index in [1.54, 1.807) is 14.2 Å². The van der Waals surface area contributed by atoms with E-state index in [1.165, 1.54) is 0 Å². The summed E-state index contributed by atoms with van der Waals surface area (Å²) >= 11 is 0. The van der Waals surface area contributed by atoms with Gasteiger partial charge in [-0.15, -0.1) is 0 Å². The molecule has 6 heteroatoms. The van der Waals surface area contributed by atoms with Crippen LogP contribution < -0.4 is 0 Å². The van der Waals surface area contributed by atoms with E-state index < -0.39 is 0 Å². The number of carbonyl (C=O) groups excluding carboxylic acids is 1. The minimum absolute atomic E-state index is 0.0181. The Kier molecular flexibility index (Phi) is 7.91. The van der Waals surface area contributed by atoms with Crippen molar-refractivity contribution < 1.29 is 28.8 Å². The zero-order valence-electron chi connectivity index (χ0n) is 18.1. The Morgan fingerprint density at radius 2 is 1.93 bits per heavy atom. The van der Waals surface area contributed by atoms with Gasteiger partial charge in [-0.05, 0) is 25.3 Å². The highest BCUT2D eigenvalue weighted by atomic mass is 16.5. The summed E-state index contributed by atoms with van der Waals surface area (Å²) < 4.78 is 22.9. The van der Waals surface area contributed by atoms with E-state index in [0.29, 0.717) is 32.5 Å². The lowest BCUT2D eigenvalue weighted by atomic mass is 9.78. The summed E-state index contributed by atoms with van der Waals surface area (Å²) in [7, 11) is 3.33. The molecule has 3 rings (SSSR count). The molecular formula is C23H36O6. The quantitative estimate of drug-likeness (QED) is 0.557. The molecule has 1 N–H and O–H groups in total. The van der Waals surface area contributed by atoms with Gasteiger partial charge in [-0.1, -0.05) is 25.2 Å². The minimum atomic E-state index is -0.387. The fraction of sp³-hybridized carbons (Fsp3) is 0.783. The number of ether oxygens (including phenoxy) is 4. The summed E-state index contributed by atoms with van der Waals surface area (Å²) in [6.07, 6.45) is 8.13. The fourth-order valence-corrected chi connectivity index (χ4v) is 4.99. The van der Waals surface area contributed by atoms with Crippen molar-refractivity contribution in [3.05, 3.63) is 23.8 Å². The molecule has 29 heavy (non-hydrogen) atoms. The van der Waals surface area contributed by atoms with Crippen LogP contribution in [-0.4, -0.2) is 62.9 Å². The number of cyclic esters (lactones) is 1. The van der Waals surface area contributed by atoms with Crippen molar-refractivity contribution in [1.82, 2.24) is 0 Å². The number of fused-ring (bicyclic) bond motifs is 2. The van der Waals surface area contributed by atoms with Crippen LogP contribution >= 0.6 is 0 Å². The van der Waals surface area contributed by atoms with Crippen molar-refractivity contribution in [3.8, 4) is 0 Å². The molecule has 0 aromatic carbocycles. The summed E-state index contributed by atoms with van der Waals surface area (Å²) in [5.74, 6) is 0.0782. The van der Waals surface area contributed by atoms with Crippen LogP contribution in [0.5, 0.6) is 0 Å². The van der Waals surface area contributed by atoms with E-state index in [9.17, 15) is 9.90 Å². The molecule has 0 radical (unpaired) electrons. The zero-order chi connectivity index (χ0) is 21.0. The van der Waals surface area contributed by atoms with Gasteiger partial charge in [0.2, 0.25) is 0 Å². The third-order valence-corrected chi connectivity index (χ3v) is 6.62. The highest BCUT2D eigenvalue weighted by Gasteiger charge is 2.41. The van der Waals surface area contributed by atoms with E-state index >= 15 is 0 Å². The lowest BCUT2D eigenvalue weighted by molar-refractivity contribution is -0.153. The molecule has 6 nitrogen and oxygen atoms in total. The first-order valence-electron chi connectivity index (χ1n) is 10.8. The number of methoxy groups -OCH3 is 2. The topological polar surface area (TPSA) is 74.2 Å². The van der Waals surface area contributed by atoms with Gasteiger partial charge in [0.15, 0.2) is 0 Å². The van der Waals surface area contributed by atoms with Crippen LogP contribution in [-0.2, 0) is 23.7 Å². The van der Waals surface area contributed by atoms with Gasteiger partial charge in [-0.2, -0.15) is 0 Å². The molecule has 3 aliphatic rings. The van der Waals surface area contributed by atoms with Crippen molar-refractivity contribution >= 4 is 5.97 Å². The standard InChI is InChI=1S/C23H36O6/c1-14-9-15(2)23-17(12-22(25)28-20(14)7-8-26-3)6-5-16-10-19(24)18(13-27-4)11-21(16)29-23/h5-6,9,14,16-21,23-24H,7-8,10-13H2,1-4H3/b15-9+/t14-,16?,17-,18-,19+,20-,21+,23+/m1/s1. The van der Waals surface area contributed by atoms with Gasteiger partial charge in [0.1, 0.15) is 6.10 Å². The van der Waals surface area contributed by atoms with Crippen LogP contribution in [0.15, 0.2) is 23.8 Å². The molecule has 1 fully saturated rings. The normalized spacial score (nSPS) is 42.2. The second kappa shape index (κ2) is 10.2. The second-order valence-electron chi connectivity index (χ2n) is 8.85. The molecule has 0 saturated heterocycles. The van der Waals surface area contributed by atoms with E-state index in [0.717, 1.165) is 12.0 Å². The molecule has 0 bridgehead atoms. The Bertz CT molecular complexity index is 614. The maximum absolute atomic E-state index is 12.7. The molecule has 8 atom stereocenters. The summed E-state index contributed by atoms with van der Waals surface area (Å²) in [4.78, 5) is 12.7. The predicted molar refractivity (Wildman–Crippen MR) is 109 cm³/mol. The molecule has 0 aromatic rings. The van der Waals surface area contributed by atoms with Crippen LogP contribution in [0.1, 0.15) is 39.5 Å². The fourth-order valence-electron chi connectivity index (χ4n) is 4.99. The Morgan fingerprint density at radius 3 is 2.66 bits per heavy atom. The van der Waals surface area contributed by atoms with E-state index in [-0.39, 0.29) is 54.1 Å². The minimum Gasteiger partial charge on any atom is -0.462 e. The first-order valence-corrected chi connectivity index (χ1v) is 10.8. The number of aliphatic hydroxyl groups excluding tert-OH is 1. The first kappa shape index (κ1) is 22.5. The molecular weight excluding hydrogens is 372 g/mol. The SMILES string of the molecule is COCC[C@H]1OC(=O)C[C@H]2C=CC3C[C@H](O)[C@@H](COC)C[C@@H]3O[C@H]2/C(C)=C/[C@H]1C. The maximum Gasteiger partial charge on any atom is 0.306 e. The van der Waals surface area contributed by atoms with Crippen molar-refractivity contribution in [2.45, 2.75) is 63.9 Å². The Labute approximate surface area is 174 Å². The summed E-state index contributed by atoms with van der Waals surface area (Å²) in [6, 6.07) is 0. The number of aliphatic hydroxyl groups is 1. The van der Waals surface area contributed by atoms with Crippen molar-refractivity contribution in [2.75, 3.05) is 27.4 Å². The first-order chi connectivity index (χ1) is 13.9. The third kappa shape index (κ3) is 5.48. The zero-order valence-corrected chi connectivity index (χ0v) is 18.1. The number of hydrogen-bond donors (Lipinski definition) is 1. The van der Waals surface area contributed by atoms with Gasteiger partial charge in [0, 0.05) is 50.9 Å². The average molecular weight is 409 g/mol. The molecule has 2 heterocycles. The largest absolute Gasteiger partial charge is 0.462 e. The van der Waals surface area contributed by atoms with Crippen LogP contribution in [0.25, 0.3) is 0 Å². The second-order valence-corrected chi connectivity index (χ2v) is 8.85. The van der Waals surface area contributed by atoms with Gasteiger partial charge in [-0.25, -0.2) is 0 Å². The highest BCUT2D eigenvalue weighted by Crippen LogP contribution is 2.39. The smallest absolute Gasteiger partial charge is 0.306 e. The Hall–Kier alpha value is -1.21. The highest BCUT2D eigenvalue weighted by molar-refractivity contribution is 5.70. The molecule has 1 unspecified atom stereocenters. The molecule has 2 aliphatic heterocycles. The average Bonchev–Trinajstić information content (AvgIpc) is 2.82. The molecule has 0 spiro atoms. The number of hydrogen-bond acceptors (Lipinski definition) is 6. The van der Waals surface area contributed by atoms with Crippen LogP contribution in [0.2, 0.25) is 0 Å². The Morgan fingerprint density at radius 1 is 1.17 bits per heavy atom. The number of rotatable bonds is 5. The molecule has 1 aliphatic carbocycles. The van der Waals surface area contributed by atoms with Crippen molar-refractivity contribution in [3.63, 3.8) is 0 Å². The van der Waals surface area contributed by atoms with Gasteiger partial charge in [0.05, 0.1) is 31.3 Å². The van der Waals surface area contributed by atoms with Crippen LogP contribution in [0, 0.1) is 23.7 Å². The number of carbonyl (C=O) groups is 1. The molecule has 164 valence electrons. The van der Waals surface area contributed by atoms with Gasteiger partial charge in [-0.3, -0.25) is 4.79 Å². The van der Waals surface area contributed by atoms with Crippen molar-refractivity contribution in [2.24, 2.45) is 23.7 Å². The van der Waals surface area contributed by atoms with E-state index in [2.05, 4.69) is 32.1 Å². The summed E-state index contributed by atoms with van der Waals surface area (Å²) in [6.45, 7) is 5.27. The van der Waals surface area contributed by atoms with Crippen LogP contribution in [0.3, 0.4) is 0 Å². The lowest BCUT2D eigenvalue weighted by Crippen LogP contribution is -2.42. The van der Waals surface area contributed by atoms with Gasteiger partial charge in [0.25, 0.3) is 0 Å². The lowest BCUT2D eigenvalue weighted by Gasteiger charge is -2.39. The van der Waals surface area contributed by atoms with E-state index in [4.69, 9.17) is 18.9 Å². The van der Waals surface area contributed by atoms with E-state index in [1.807, 2.05) is 0 Å². The van der Waals surface area contributed by atoms with Gasteiger partial charge >= 0.3 is 5.97 Å². The van der Waals surface area contributed by atoms with Gasteiger partial charge < -0.3 is 24.1 Å². The third-order valence-electron chi connectivity index (χ3n) is 6.62. The summed E-state index contributed by atoms with van der Waals surface area (Å²) in [5.41, 5.74) is 1.14. The molecule has 0 aromatic heterocycles. The number of esters is 1. The van der Waals surface area contributed by atoms with Crippen molar-refractivity contribution in [1.29, 1.82) is 0 Å². The predicted octanol–water partition coefficient (Wildman–Crippen LogP) is 2.89.